The third-order valence-corrected chi connectivity index (χ3v) is 4.98. The Kier molecular flexibility index (Phi) is 7.55. The average molecular weight is 397 g/mol. The van der Waals surface area contributed by atoms with E-state index in [1.54, 1.807) is 6.33 Å². The summed E-state index contributed by atoms with van der Waals surface area (Å²) in [5.74, 6) is 1.80. The van der Waals surface area contributed by atoms with E-state index < -0.39 is 0 Å². The Morgan fingerprint density at radius 2 is 1.73 bits per heavy atom. The summed E-state index contributed by atoms with van der Waals surface area (Å²) < 4.78 is 0. The highest BCUT2D eigenvalue weighted by atomic mass is 35.5. The number of fused-ring (bicyclic) bond motifs is 2. The number of hydrogen-bond acceptors (Lipinski definition) is 6. The van der Waals surface area contributed by atoms with Gasteiger partial charge in [0.1, 0.15) is 18.0 Å². The highest BCUT2D eigenvalue weighted by Gasteiger charge is 2.17. The number of nitrogens with zero attached hydrogens (tertiary/aromatic N) is 4. The molecule has 8 heteroatoms. The SMILES string of the molecule is Cc1nc(CNc2ncnc3c2CCNCC3)nc2c1CCCC2.Cl.Cl. The first-order valence-electron chi connectivity index (χ1n) is 8.94. The van der Waals surface area contributed by atoms with E-state index in [0.717, 1.165) is 61.8 Å². The van der Waals surface area contributed by atoms with Crippen molar-refractivity contribution in [2.45, 2.75) is 52.0 Å². The fourth-order valence-corrected chi connectivity index (χ4v) is 3.71. The molecule has 0 fully saturated rings. The summed E-state index contributed by atoms with van der Waals surface area (Å²) in [5.41, 5.74) is 6.14. The quantitative estimate of drug-likeness (QED) is 0.829. The largest absolute Gasteiger partial charge is 0.362 e. The zero-order valence-corrected chi connectivity index (χ0v) is 16.7. The summed E-state index contributed by atoms with van der Waals surface area (Å²) in [7, 11) is 0. The van der Waals surface area contributed by atoms with Crippen LogP contribution in [0.3, 0.4) is 0 Å². The predicted octanol–water partition coefficient (Wildman–Crippen LogP) is 2.60. The molecule has 6 nitrogen and oxygen atoms in total. The lowest BCUT2D eigenvalue weighted by Gasteiger charge is -2.18. The van der Waals surface area contributed by atoms with Gasteiger partial charge in [-0.3, -0.25) is 0 Å². The van der Waals surface area contributed by atoms with Gasteiger partial charge in [0.05, 0.1) is 12.2 Å². The number of aromatic nitrogens is 4. The van der Waals surface area contributed by atoms with Gasteiger partial charge < -0.3 is 10.6 Å². The summed E-state index contributed by atoms with van der Waals surface area (Å²) >= 11 is 0. The highest BCUT2D eigenvalue weighted by molar-refractivity contribution is 5.85. The molecular formula is C18H26Cl2N6. The maximum absolute atomic E-state index is 4.79. The van der Waals surface area contributed by atoms with Crippen molar-refractivity contribution in [1.29, 1.82) is 0 Å². The van der Waals surface area contributed by atoms with E-state index >= 15 is 0 Å². The molecule has 26 heavy (non-hydrogen) atoms. The molecule has 0 atom stereocenters. The third-order valence-electron chi connectivity index (χ3n) is 4.98. The van der Waals surface area contributed by atoms with Crippen molar-refractivity contribution in [1.82, 2.24) is 25.3 Å². The second kappa shape index (κ2) is 9.44. The van der Waals surface area contributed by atoms with Crippen molar-refractivity contribution < 1.29 is 0 Å². The molecule has 142 valence electrons. The Morgan fingerprint density at radius 1 is 0.923 bits per heavy atom. The molecule has 0 unspecified atom stereocenters. The fraction of sp³-hybridized carbons (Fsp3) is 0.556. The zero-order valence-electron chi connectivity index (χ0n) is 15.0. The van der Waals surface area contributed by atoms with Gasteiger partial charge in [0.25, 0.3) is 0 Å². The van der Waals surface area contributed by atoms with Crippen molar-refractivity contribution in [3.05, 3.63) is 40.4 Å². The molecule has 1 aliphatic carbocycles. The van der Waals surface area contributed by atoms with E-state index in [1.165, 1.54) is 29.7 Å². The summed E-state index contributed by atoms with van der Waals surface area (Å²) in [6.07, 6.45) is 8.29. The monoisotopic (exact) mass is 396 g/mol. The van der Waals surface area contributed by atoms with E-state index in [2.05, 4.69) is 27.5 Å². The summed E-state index contributed by atoms with van der Waals surface area (Å²) in [5, 5.41) is 6.86. The van der Waals surface area contributed by atoms with Crippen LogP contribution >= 0.6 is 24.8 Å². The van der Waals surface area contributed by atoms with Gasteiger partial charge in [-0.25, -0.2) is 19.9 Å². The fourth-order valence-electron chi connectivity index (χ4n) is 3.71. The first-order chi connectivity index (χ1) is 11.8. The van der Waals surface area contributed by atoms with Crippen LogP contribution in [0.25, 0.3) is 0 Å². The lowest BCUT2D eigenvalue weighted by Crippen LogP contribution is -2.16. The van der Waals surface area contributed by atoms with Crippen LogP contribution in [0.1, 0.15) is 46.9 Å². The van der Waals surface area contributed by atoms with Crippen molar-refractivity contribution >= 4 is 30.6 Å². The highest BCUT2D eigenvalue weighted by Crippen LogP contribution is 2.22. The first-order valence-corrected chi connectivity index (χ1v) is 8.94. The van der Waals surface area contributed by atoms with Crippen LogP contribution in [0.15, 0.2) is 6.33 Å². The van der Waals surface area contributed by atoms with Gasteiger partial charge in [-0.15, -0.1) is 24.8 Å². The maximum atomic E-state index is 4.79. The standard InChI is InChI=1S/C18H24N6.2ClH/c1-12-13-4-2-3-5-16(13)24-17(23-12)10-20-18-14-6-8-19-9-7-15(14)21-11-22-18;;/h11,19H,2-10H2,1H3,(H,20,21,22);2*1H. The maximum Gasteiger partial charge on any atom is 0.147 e. The molecule has 0 radical (unpaired) electrons. The zero-order chi connectivity index (χ0) is 16.4. The Balaban J connectivity index is 0.00000121. The van der Waals surface area contributed by atoms with Crippen molar-refractivity contribution in [3.63, 3.8) is 0 Å². The first kappa shape index (κ1) is 20.8. The summed E-state index contributed by atoms with van der Waals surface area (Å²) in [6.45, 7) is 4.68. The molecule has 3 heterocycles. The van der Waals surface area contributed by atoms with Crippen molar-refractivity contribution in [3.8, 4) is 0 Å². The Bertz CT molecular complexity index is 753. The van der Waals surface area contributed by atoms with Gasteiger partial charge in [0, 0.05) is 29.9 Å². The summed E-state index contributed by atoms with van der Waals surface area (Å²) in [4.78, 5) is 18.4. The van der Waals surface area contributed by atoms with Crippen LogP contribution in [0.2, 0.25) is 0 Å². The molecular weight excluding hydrogens is 371 g/mol. The van der Waals surface area contributed by atoms with Gasteiger partial charge in [0.15, 0.2) is 0 Å². The number of hydrogen-bond donors (Lipinski definition) is 2. The van der Waals surface area contributed by atoms with Gasteiger partial charge in [-0.2, -0.15) is 0 Å². The number of rotatable bonds is 3. The van der Waals surface area contributed by atoms with E-state index in [9.17, 15) is 0 Å². The van der Waals surface area contributed by atoms with Crippen molar-refractivity contribution in [2.24, 2.45) is 0 Å². The Hall–Kier alpha value is -1.50. The molecule has 4 rings (SSSR count). The van der Waals surface area contributed by atoms with E-state index in [-0.39, 0.29) is 24.8 Å². The van der Waals surface area contributed by atoms with Crippen LogP contribution in [-0.2, 0) is 32.2 Å². The van der Waals surface area contributed by atoms with Crippen LogP contribution in [0.5, 0.6) is 0 Å². The normalized spacial score (nSPS) is 15.6. The molecule has 2 N–H and O–H groups in total. The second-order valence-electron chi connectivity index (χ2n) is 6.61. The Labute approximate surface area is 166 Å². The van der Waals surface area contributed by atoms with Crippen LogP contribution < -0.4 is 10.6 Å². The van der Waals surface area contributed by atoms with Gasteiger partial charge >= 0.3 is 0 Å². The Morgan fingerprint density at radius 3 is 2.62 bits per heavy atom. The molecule has 0 saturated heterocycles. The van der Waals surface area contributed by atoms with E-state index in [1.807, 2.05) is 0 Å². The van der Waals surface area contributed by atoms with E-state index in [0.29, 0.717) is 6.54 Å². The smallest absolute Gasteiger partial charge is 0.147 e. The van der Waals surface area contributed by atoms with Gasteiger partial charge in [-0.05, 0) is 51.1 Å². The lowest BCUT2D eigenvalue weighted by molar-refractivity contribution is 0.648. The molecule has 0 aromatic carbocycles. The number of aryl methyl sites for hydroxylation is 2. The molecule has 0 saturated carbocycles. The minimum Gasteiger partial charge on any atom is -0.362 e. The third kappa shape index (κ3) is 4.42. The van der Waals surface area contributed by atoms with Gasteiger partial charge in [-0.1, -0.05) is 0 Å². The molecule has 0 bridgehead atoms. The van der Waals surface area contributed by atoms with Crippen LogP contribution in [-0.4, -0.2) is 33.0 Å². The topological polar surface area (TPSA) is 75.6 Å². The van der Waals surface area contributed by atoms with Crippen LogP contribution in [0, 0.1) is 6.92 Å². The van der Waals surface area contributed by atoms with Crippen molar-refractivity contribution in [2.75, 3.05) is 18.4 Å². The molecule has 2 aliphatic rings. The molecule has 2 aromatic rings. The lowest BCUT2D eigenvalue weighted by atomic mass is 9.95. The minimum atomic E-state index is 0. The second-order valence-corrected chi connectivity index (χ2v) is 6.61. The number of halogens is 2. The minimum absolute atomic E-state index is 0. The number of anilines is 1. The van der Waals surface area contributed by atoms with E-state index in [4.69, 9.17) is 9.97 Å². The summed E-state index contributed by atoms with van der Waals surface area (Å²) in [6, 6.07) is 0. The number of nitrogens with one attached hydrogen (secondary N) is 2. The van der Waals surface area contributed by atoms with Gasteiger partial charge in [0.2, 0.25) is 0 Å². The predicted molar refractivity (Wildman–Crippen MR) is 108 cm³/mol. The molecule has 2 aromatic heterocycles. The molecule has 0 spiro atoms. The molecule has 0 amide bonds. The average Bonchev–Trinajstić information content (AvgIpc) is 2.86. The molecule has 1 aliphatic heterocycles. The van der Waals surface area contributed by atoms with Crippen LogP contribution in [0.4, 0.5) is 5.82 Å².